The highest BCUT2D eigenvalue weighted by Gasteiger charge is 2.19. The van der Waals surface area contributed by atoms with Crippen molar-refractivity contribution in [2.75, 3.05) is 36.6 Å². The van der Waals surface area contributed by atoms with Gasteiger partial charge in [-0.05, 0) is 49.2 Å². The number of methoxy groups -OCH3 is 2. The first-order chi connectivity index (χ1) is 13.7. The molecule has 2 aromatic rings. The van der Waals surface area contributed by atoms with Gasteiger partial charge < -0.3 is 14.8 Å². The minimum absolute atomic E-state index is 0.139. The van der Waals surface area contributed by atoms with Gasteiger partial charge in [-0.3, -0.25) is 9.10 Å². The Bertz CT molecular complexity index is 979. The predicted octanol–water partition coefficient (Wildman–Crippen LogP) is 3.85. The van der Waals surface area contributed by atoms with Gasteiger partial charge in [0, 0.05) is 13.0 Å². The summed E-state index contributed by atoms with van der Waals surface area (Å²) in [6.07, 6.45) is 1.59. The fourth-order valence-corrected chi connectivity index (χ4v) is 4.02. The van der Waals surface area contributed by atoms with E-state index in [-0.39, 0.29) is 18.9 Å². The van der Waals surface area contributed by atoms with Crippen LogP contribution in [-0.4, -0.2) is 41.3 Å². The first-order valence-electron chi connectivity index (χ1n) is 8.91. The van der Waals surface area contributed by atoms with Crippen molar-refractivity contribution in [2.45, 2.75) is 19.8 Å². The summed E-state index contributed by atoms with van der Waals surface area (Å²) in [6.45, 7) is 2.05. The molecule has 0 bridgehead atoms. The van der Waals surface area contributed by atoms with Gasteiger partial charge in [-0.2, -0.15) is 0 Å². The number of nitrogens with one attached hydrogen (secondary N) is 1. The smallest absolute Gasteiger partial charge is 0.232 e. The number of nitrogens with zero attached hydrogens (tertiary/aromatic N) is 1. The van der Waals surface area contributed by atoms with Crippen LogP contribution < -0.4 is 19.1 Å². The number of hydrogen-bond acceptors (Lipinski definition) is 5. The average molecular weight is 441 g/mol. The van der Waals surface area contributed by atoms with Gasteiger partial charge in [-0.15, -0.1) is 0 Å². The highest BCUT2D eigenvalue weighted by atomic mass is 35.5. The molecule has 29 heavy (non-hydrogen) atoms. The number of carbonyl (C=O) groups excluding carboxylic acids is 1. The van der Waals surface area contributed by atoms with Gasteiger partial charge in [-0.1, -0.05) is 17.7 Å². The average Bonchev–Trinajstić information content (AvgIpc) is 2.64. The van der Waals surface area contributed by atoms with Gasteiger partial charge in [0.1, 0.15) is 11.5 Å². The third kappa shape index (κ3) is 6.27. The summed E-state index contributed by atoms with van der Waals surface area (Å²) in [4.78, 5) is 12.3. The molecule has 9 heteroatoms. The Morgan fingerprint density at radius 1 is 1.10 bits per heavy atom. The van der Waals surface area contributed by atoms with Crippen molar-refractivity contribution < 1.29 is 22.7 Å². The molecule has 0 spiro atoms. The Hall–Kier alpha value is -2.45. The van der Waals surface area contributed by atoms with Crippen LogP contribution in [0.4, 0.5) is 11.4 Å². The van der Waals surface area contributed by atoms with E-state index < -0.39 is 10.0 Å². The van der Waals surface area contributed by atoms with E-state index in [0.29, 0.717) is 34.3 Å². The maximum absolute atomic E-state index is 12.3. The van der Waals surface area contributed by atoms with Crippen LogP contribution in [0.3, 0.4) is 0 Å². The summed E-state index contributed by atoms with van der Waals surface area (Å²) >= 11 is 6.12. The highest BCUT2D eigenvalue weighted by molar-refractivity contribution is 7.92. The van der Waals surface area contributed by atoms with E-state index in [2.05, 4.69) is 5.32 Å². The Morgan fingerprint density at radius 3 is 2.34 bits per heavy atom. The number of rotatable bonds is 9. The Labute approximate surface area is 176 Å². The third-order valence-electron chi connectivity index (χ3n) is 4.22. The Kier molecular flexibility index (Phi) is 7.75. The molecule has 0 unspecified atom stereocenters. The summed E-state index contributed by atoms with van der Waals surface area (Å²) in [5, 5.41) is 3.12. The second kappa shape index (κ2) is 9.84. The molecule has 0 aliphatic heterocycles. The topological polar surface area (TPSA) is 84.9 Å². The van der Waals surface area contributed by atoms with E-state index in [1.165, 1.54) is 24.6 Å². The Balaban J connectivity index is 2.05. The molecule has 0 radical (unpaired) electrons. The van der Waals surface area contributed by atoms with Crippen LogP contribution in [0.15, 0.2) is 36.4 Å². The minimum Gasteiger partial charge on any atom is -0.495 e. The van der Waals surface area contributed by atoms with E-state index in [0.717, 1.165) is 11.8 Å². The second-order valence-corrected chi connectivity index (χ2v) is 8.82. The molecule has 0 saturated heterocycles. The molecule has 1 N–H and O–H groups in total. The number of sulfonamides is 1. The van der Waals surface area contributed by atoms with Crippen LogP contribution in [0.5, 0.6) is 11.5 Å². The molecule has 0 heterocycles. The maximum Gasteiger partial charge on any atom is 0.232 e. The number of amides is 1. The molecular weight excluding hydrogens is 416 g/mol. The molecule has 0 aromatic heterocycles. The van der Waals surface area contributed by atoms with E-state index >= 15 is 0 Å². The lowest BCUT2D eigenvalue weighted by Crippen LogP contribution is -2.31. The van der Waals surface area contributed by atoms with Gasteiger partial charge in [0.15, 0.2) is 0 Å². The summed E-state index contributed by atoms with van der Waals surface area (Å²) in [5.41, 5.74) is 1.99. The summed E-state index contributed by atoms with van der Waals surface area (Å²) < 4.78 is 36.0. The summed E-state index contributed by atoms with van der Waals surface area (Å²) in [6, 6.07) is 10.2. The van der Waals surface area contributed by atoms with Crippen molar-refractivity contribution >= 4 is 38.9 Å². The van der Waals surface area contributed by atoms with Gasteiger partial charge in [0.2, 0.25) is 15.9 Å². The second-order valence-electron chi connectivity index (χ2n) is 6.51. The Morgan fingerprint density at radius 2 is 1.76 bits per heavy atom. The first kappa shape index (κ1) is 22.8. The lowest BCUT2D eigenvalue weighted by atomic mass is 10.2. The van der Waals surface area contributed by atoms with Crippen molar-refractivity contribution in [2.24, 2.45) is 0 Å². The van der Waals surface area contributed by atoms with Crippen molar-refractivity contribution in [1.82, 2.24) is 0 Å². The van der Waals surface area contributed by atoms with Crippen molar-refractivity contribution in [1.29, 1.82) is 0 Å². The third-order valence-corrected chi connectivity index (χ3v) is 5.71. The number of carbonyl (C=O) groups is 1. The SMILES string of the molecule is COc1ccc(N(CCCC(=O)Nc2cc(C)ccc2OC)S(C)(=O)=O)cc1Cl. The van der Waals surface area contributed by atoms with E-state index in [1.807, 2.05) is 19.1 Å². The molecule has 158 valence electrons. The number of halogens is 1. The lowest BCUT2D eigenvalue weighted by Gasteiger charge is -2.23. The summed E-state index contributed by atoms with van der Waals surface area (Å²) in [5.74, 6) is 0.792. The fourth-order valence-electron chi connectivity index (χ4n) is 2.81. The van der Waals surface area contributed by atoms with Gasteiger partial charge in [0.25, 0.3) is 0 Å². The monoisotopic (exact) mass is 440 g/mol. The van der Waals surface area contributed by atoms with Crippen LogP contribution in [0.2, 0.25) is 5.02 Å². The molecule has 0 fully saturated rings. The number of ether oxygens (including phenoxy) is 2. The van der Waals surface area contributed by atoms with E-state index in [9.17, 15) is 13.2 Å². The molecule has 0 aliphatic carbocycles. The van der Waals surface area contributed by atoms with E-state index in [4.69, 9.17) is 21.1 Å². The van der Waals surface area contributed by atoms with Crippen molar-refractivity contribution in [3.63, 3.8) is 0 Å². The molecule has 7 nitrogen and oxygen atoms in total. The zero-order chi connectivity index (χ0) is 21.6. The molecule has 1 amide bonds. The largest absolute Gasteiger partial charge is 0.495 e. The number of hydrogen-bond donors (Lipinski definition) is 1. The van der Waals surface area contributed by atoms with E-state index in [1.54, 1.807) is 18.2 Å². The first-order valence-corrected chi connectivity index (χ1v) is 11.1. The standard InChI is InChI=1S/C20H25ClN2O5S/c1-14-7-9-19(28-3)17(12-14)22-20(24)6-5-11-23(29(4,25)26)15-8-10-18(27-2)16(21)13-15/h7-10,12-13H,5-6,11H2,1-4H3,(H,22,24). The molecular formula is C20H25ClN2O5S. The maximum atomic E-state index is 12.3. The number of anilines is 2. The van der Waals surface area contributed by atoms with Gasteiger partial charge in [0.05, 0.1) is 36.9 Å². The van der Waals surface area contributed by atoms with Gasteiger partial charge >= 0.3 is 0 Å². The lowest BCUT2D eigenvalue weighted by molar-refractivity contribution is -0.116. The fraction of sp³-hybridized carbons (Fsp3) is 0.350. The number of benzene rings is 2. The molecule has 2 rings (SSSR count). The van der Waals surface area contributed by atoms with Crippen molar-refractivity contribution in [3.8, 4) is 11.5 Å². The number of aryl methyl sites for hydroxylation is 1. The van der Waals surface area contributed by atoms with Crippen molar-refractivity contribution in [3.05, 3.63) is 47.0 Å². The molecule has 0 saturated carbocycles. The van der Waals surface area contributed by atoms with Crippen LogP contribution in [-0.2, 0) is 14.8 Å². The molecule has 0 aliphatic rings. The zero-order valence-corrected chi connectivity index (χ0v) is 18.4. The van der Waals surface area contributed by atoms with Crippen LogP contribution >= 0.6 is 11.6 Å². The van der Waals surface area contributed by atoms with Gasteiger partial charge in [-0.25, -0.2) is 8.42 Å². The molecule has 0 atom stereocenters. The van der Waals surface area contributed by atoms with Crippen LogP contribution in [0, 0.1) is 6.92 Å². The zero-order valence-electron chi connectivity index (χ0n) is 16.9. The normalized spacial score (nSPS) is 11.1. The quantitative estimate of drug-likeness (QED) is 0.640. The van der Waals surface area contributed by atoms with Crippen LogP contribution in [0.1, 0.15) is 18.4 Å². The minimum atomic E-state index is -3.55. The molecule has 2 aromatic carbocycles. The summed E-state index contributed by atoms with van der Waals surface area (Å²) in [7, 11) is -0.530. The highest BCUT2D eigenvalue weighted by Crippen LogP contribution is 2.30. The van der Waals surface area contributed by atoms with Crippen LogP contribution in [0.25, 0.3) is 0 Å². The predicted molar refractivity (Wildman–Crippen MR) is 116 cm³/mol.